The molecule has 0 radical (unpaired) electrons. The molecule has 20 heavy (non-hydrogen) atoms. The van der Waals surface area contributed by atoms with Crippen LogP contribution in [0.25, 0.3) is 0 Å². The van der Waals surface area contributed by atoms with E-state index in [1.54, 1.807) is 23.7 Å². The van der Waals surface area contributed by atoms with Crippen molar-refractivity contribution >= 4 is 11.9 Å². The van der Waals surface area contributed by atoms with E-state index in [0.717, 1.165) is 5.69 Å². The zero-order valence-electron chi connectivity index (χ0n) is 12.3. The molecule has 0 bridgehead atoms. The zero-order chi connectivity index (χ0) is 15.1. The highest BCUT2D eigenvalue weighted by molar-refractivity contribution is 5.94. The molecule has 0 atom stereocenters. The van der Waals surface area contributed by atoms with Crippen molar-refractivity contribution in [2.24, 2.45) is 0 Å². The lowest BCUT2D eigenvalue weighted by Crippen LogP contribution is -2.37. The van der Waals surface area contributed by atoms with Crippen LogP contribution in [0.5, 0.6) is 0 Å². The van der Waals surface area contributed by atoms with Crippen LogP contribution >= 0.6 is 0 Å². The molecule has 0 spiro atoms. The number of ether oxygens (including phenoxy) is 1. The zero-order valence-corrected chi connectivity index (χ0v) is 12.3. The van der Waals surface area contributed by atoms with Crippen LogP contribution in [0.4, 0.5) is 0 Å². The van der Waals surface area contributed by atoms with Crippen LogP contribution in [-0.4, -0.2) is 46.3 Å². The molecule has 1 aromatic heterocycles. The molecule has 0 unspecified atom stereocenters. The second-order valence-electron chi connectivity index (χ2n) is 4.27. The second kappa shape index (κ2) is 7.47. The Labute approximate surface area is 119 Å². The van der Waals surface area contributed by atoms with Crippen molar-refractivity contribution in [2.75, 3.05) is 19.7 Å². The lowest BCUT2D eigenvalue weighted by Gasteiger charge is -2.20. The van der Waals surface area contributed by atoms with Crippen LogP contribution in [-0.2, 0) is 16.1 Å². The van der Waals surface area contributed by atoms with Crippen molar-refractivity contribution in [1.82, 2.24) is 14.7 Å². The summed E-state index contributed by atoms with van der Waals surface area (Å²) >= 11 is 0. The van der Waals surface area contributed by atoms with Crippen molar-refractivity contribution in [2.45, 2.75) is 27.3 Å². The molecular formula is C14H21N3O3. The van der Waals surface area contributed by atoms with Crippen molar-refractivity contribution in [3.63, 3.8) is 0 Å². The van der Waals surface area contributed by atoms with E-state index in [4.69, 9.17) is 4.74 Å². The van der Waals surface area contributed by atoms with Gasteiger partial charge in [-0.3, -0.25) is 14.3 Å². The summed E-state index contributed by atoms with van der Waals surface area (Å²) in [7, 11) is 0. The first-order valence-electron chi connectivity index (χ1n) is 6.63. The number of rotatable bonds is 7. The van der Waals surface area contributed by atoms with E-state index in [2.05, 4.69) is 11.7 Å². The van der Waals surface area contributed by atoms with Gasteiger partial charge in [0.25, 0.3) is 5.91 Å². The highest BCUT2D eigenvalue weighted by Gasteiger charge is 2.22. The highest BCUT2D eigenvalue weighted by Crippen LogP contribution is 2.08. The predicted octanol–water partition coefficient (Wildman–Crippen LogP) is 1.40. The molecule has 1 aromatic rings. The normalized spacial score (nSPS) is 10.2. The monoisotopic (exact) mass is 279 g/mol. The average molecular weight is 279 g/mol. The van der Waals surface area contributed by atoms with Gasteiger partial charge in [0.05, 0.1) is 12.3 Å². The molecule has 0 aliphatic rings. The Balaban J connectivity index is 2.92. The van der Waals surface area contributed by atoms with Crippen molar-refractivity contribution in [3.05, 3.63) is 30.1 Å². The first-order chi connectivity index (χ1) is 9.53. The molecule has 0 saturated carbocycles. The molecule has 6 nitrogen and oxygen atoms in total. The van der Waals surface area contributed by atoms with Crippen LogP contribution in [0.15, 0.2) is 18.7 Å². The third kappa shape index (κ3) is 3.94. The molecular weight excluding hydrogens is 258 g/mol. The van der Waals surface area contributed by atoms with Crippen LogP contribution in [0.1, 0.15) is 30.0 Å². The van der Waals surface area contributed by atoms with E-state index >= 15 is 0 Å². The fourth-order valence-corrected chi connectivity index (χ4v) is 1.86. The van der Waals surface area contributed by atoms with E-state index in [1.165, 1.54) is 4.90 Å². The lowest BCUT2D eigenvalue weighted by molar-refractivity contribution is -0.143. The first-order valence-corrected chi connectivity index (χ1v) is 6.63. The summed E-state index contributed by atoms with van der Waals surface area (Å²) in [5.41, 5.74) is 1.24. The van der Waals surface area contributed by atoms with Crippen LogP contribution in [0.2, 0.25) is 0 Å². The number of amides is 1. The fourth-order valence-electron chi connectivity index (χ4n) is 1.86. The molecule has 110 valence electrons. The molecule has 0 aliphatic heterocycles. The number of aryl methyl sites for hydroxylation is 2. The van der Waals surface area contributed by atoms with Crippen LogP contribution < -0.4 is 0 Å². The van der Waals surface area contributed by atoms with Crippen molar-refractivity contribution in [3.8, 4) is 0 Å². The molecule has 0 aromatic carbocycles. The summed E-state index contributed by atoms with van der Waals surface area (Å²) in [6.45, 7) is 10.2. The Hall–Kier alpha value is -2.11. The minimum absolute atomic E-state index is 0.0906. The minimum Gasteiger partial charge on any atom is -0.465 e. The molecule has 1 amide bonds. The number of aromatic nitrogens is 2. The number of nitrogens with zero attached hydrogens (tertiary/aromatic N) is 3. The smallest absolute Gasteiger partial charge is 0.325 e. The molecule has 0 fully saturated rings. The van der Waals surface area contributed by atoms with E-state index in [0.29, 0.717) is 18.8 Å². The van der Waals surface area contributed by atoms with Gasteiger partial charge in [-0.2, -0.15) is 5.10 Å². The topological polar surface area (TPSA) is 64.4 Å². The summed E-state index contributed by atoms with van der Waals surface area (Å²) in [5, 5.41) is 4.24. The molecule has 6 heteroatoms. The Bertz CT molecular complexity index is 494. The predicted molar refractivity (Wildman–Crippen MR) is 75.4 cm³/mol. The average Bonchev–Trinajstić information content (AvgIpc) is 2.79. The van der Waals surface area contributed by atoms with E-state index in [1.807, 2.05) is 13.8 Å². The van der Waals surface area contributed by atoms with Gasteiger partial charge in [0, 0.05) is 13.1 Å². The lowest BCUT2D eigenvalue weighted by atomic mass is 10.3. The molecule has 0 aliphatic carbocycles. The van der Waals surface area contributed by atoms with Gasteiger partial charge in [-0.05, 0) is 26.8 Å². The first kappa shape index (κ1) is 15.9. The van der Waals surface area contributed by atoms with Crippen molar-refractivity contribution in [1.29, 1.82) is 0 Å². The van der Waals surface area contributed by atoms with Gasteiger partial charge in [0.15, 0.2) is 0 Å². The highest BCUT2D eigenvalue weighted by atomic mass is 16.5. The van der Waals surface area contributed by atoms with Gasteiger partial charge in [-0.15, -0.1) is 6.58 Å². The maximum Gasteiger partial charge on any atom is 0.325 e. The van der Waals surface area contributed by atoms with Gasteiger partial charge in [0.1, 0.15) is 12.2 Å². The van der Waals surface area contributed by atoms with Gasteiger partial charge < -0.3 is 9.64 Å². The maximum absolute atomic E-state index is 12.5. The van der Waals surface area contributed by atoms with Crippen LogP contribution in [0.3, 0.4) is 0 Å². The summed E-state index contributed by atoms with van der Waals surface area (Å²) in [6.07, 6.45) is 1.58. The fraction of sp³-hybridized carbons (Fsp3) is 0.500. The van der Waals surface area contributed by atoms with Gasteiger partial charge >= 0.3 is 5.97 Å². The Morgan fingerprint density at radius 3 is 2.75 bits per heavy atom. The third-order valence-corrected chi connectivity index (χ3v) is 2.68. The SMILES string of the molecule is C=CCN(CC(=O)OCC)C(=O)c1cc(C)nn1CC. The Morgan fingerprint density at radius 1 is 1.50 bits per heavy atom. The summed E-state index contributed by atoms with van der Waals surface area (Å²) in [6, 6.07) is 1.72. The van der Waals surface area contributed by atoms with Gasteiger partial charge in [0.2, 0.25) is 0 Å². The number of hydrogen-bond donors (Lipinski definition) is 0. The van der Waals surface area contributed by atoms with Crippen LogP contribution in [0, 0.1) is 6.92 Å². The number of hydrogen-bond acceptors (Lipinski definition) is 4. The summed E-state index contributed by atoms with van der Waals surface area (Å²) in [5.74, 6) is -0.678. The summed E-state index contributed by atoms with van der Waals surface area (Å²) in [4.78, 5) is 25.4. The Kier molecular flexibility index (Phi) is 5.96. The quantitative estimate of drug-likeness (QED) is 0.559. The standard InChI is InChI=1S/C14H21N3O3/c1-5-8-16(10-13(18)20-7-3)14(19)12-9-11(4)15-17(12)6-2/h5,9H,1,6-8,10H2,2-4H3. The Morgan fingerprint density at radius 2 is 2.20 bits per heavy atom. The molecule has 1 heterocycles. The van der Waals surface area contributed by atoms with Crippen molar-refractivity contribution < 1.29 is 14.3 Å². The number of carbonyl (C=O) groups is 2. The second-order valence-corrected chi connectivity index (χ2v) is 4.27. The van der Waals surface area contributed by atoms with Gasteiger partial charge in [-0.1, -0.05) is 6.08 Å². The van der Waals surface area contributed by atoms with Gasteiger partial charge in [-0.25, -0.2) is 0 Å². The van der Waals surface area contributed by atoms with E-state index in [-0.39, 0.29) is 19.0 Å². The van der Waals surface area contributed by atoms with E-state index in [9.17, 15) is 9.59 Å². The third-order valence-electron chi connectivity index (χ3n) is 2.68. The number of esters is 1. The summed E-state index contributed by atoms with van der Waals surface area (Å²) < 4.78 is 6.50. The minimum atomic E-state index is -0.429. The molecule has 1 rings (SSSR count). The number of carbonyl (C=O) groups excluding carboxylic acids is 2. The molecule has 0 N–H and O–H groups in total. The largest absolute Gasteiger partial charge is 0.465 e. The van der Waals surface area contributed by atoms with E-state index < -0.39 is 5.97 Å². The maximum atomic E-state index is 12.5. The molecule has 0 saturated heterocycles.